The number of hydrogen-bond donors (Lipinski definition) is 0. The van der Waals surface area contributed by atoms with Crippen molar-refractivity contribution in [2.75, 3.05) is 39.8 Å². The number of aryl methyl sites for hydroxylation is 1. The Hall–Kier alpha value is -3.58. The van der Waals surface area contributed by atoms with Gasteiger partial charge in [-0.3, -0.25) is 4.90 Å². The molecule has 0 N–H and O–H groups in total. The molecule has 178 valence electrons. The van der Waals surface area contributed by atoms with Crippen LogP contribution in [0.3, 0.4) is 0 Å². The molecule has 1 aliphatic heterocycles. The van der Waals surface area contributed by atoms with Gasteiger partial charge in [0, 0.05) is 51.5 Å². The standard InChI is InChI=1S/C24H25F3N6O/c1-16-14-33(9-8-31(16)2)7-4-10-34-22-6-5-17(11-18(22)24(25,26)27)19-12-21-23(20(13-28)30-19)29-15-32(21)3/h5-6,11-12,15H,1,4,7-10,14H2,2-3H3. The molecule has 0 unspecified atom stereocenters. The van der Waals surface area contributed by atoms with Crippen LogP contribution in [0.4, 0.5) is 13.2 Å². The maximum absolute atomic E-state index is 13.8. The van der Waals surface area contributed by atoms with Gasteiger partial charge in [0.25, 0.3) is 0 Å². The van der Waals surface area contributed by atoms with Gasteiger partial charge in [-0.1, -0.05) is 6.58 Å². The van der Waals surface area contributed by atoms with Crippen LogP contribution in [0.2, 0.25) is 0 Å². The van der Waals surface area contributed by atoms with Gasteiger partial charge in [-0.2, -0.15) is 18.4 Å². The van der Waals surface area contributed by atoms with E-state index < -0.39 is 11.7 Å². The molecule has 0 amide bonds. The first-order chi connectivity index (χ1) is 16.2. The van der Waals surface area contributed by atoms with Gasteiger partial charge >= 0.3 is 6.18 Å². The van der Waals surface area contributed by atoms with E-state index in [0.717, 1.165) is 37.9 Å². The predicted molar refractivity (Wildman–Crippen MR) is 122 cm³/mol. The third kappa shape index (κ3) is 4.84. The number of fused-ring (bicyclic) bond motifs is 1. The molecular weight excluding hydrogens is 445 g/mol. The zero-order valence-electron chi connectivity index (χ0n) is 19.1. The number of ether oxygens (including phenoxy) is 1. The Labute approximate surface area is 195 Å². The highest BCUT2D eigenvalue weighted by Gasteiger charge is 2.35. The summed E-state index contributed by atoms with van der Waals surface area (Å²) in [7, 11) is 3.74. The van der Waals surface area contributed by atoms with Crippen LogP contribution in [-0.2, 0) is 13.2 Å². The first-order valence-electron chi connectivity index (χ1n) is 10.8. The van der Waals surface area contributed by atoms with Crippen molar-refractivity contribution in [2.24, 2.45) is 7.05 Å². The Kier molecular flexibility index (Phi) is 6.48. The maximum Gasteiger partial charge on any atom is 0.419 e. The Morgan fingerprint density at radius 3 is 2.71 bits per heavy atom. The van der Waals surface area contributed by atoms with Crippen molar-refractivity contribution in [3.63, 3.8) is 0 Å². The SMILES string of the molecule is C=C1CN(CCCOc2ccc(-c3cc4c(ncn4C)c(C#N)n3)cc2C(F)(F)F)CCN1C. The summed E-state index contributed by atoms with van der Waals surface area (Å²) < 4.78 is 48.8. The summed E-state index contributed by atoms with van der Waals surface area (Å²) in [5.74, 6) is -0.221. The lowest BCUT2D eigenvalue weighted by atomic mass is 10.1. The van der Waals surface area contributed by atoms with Crippen LogP contribution < -0.4 is 4.74 Å². The van der Waals surface area contributed by atoms with E-state index in [1.54, 1.807) is 17.7 Å². The average molecular weight is 470 g/mol. The normalized spacial score (nSPS) is 15.1. The first kappa shape index (κ1) is 23.6. The highest BCUT2D eigenvalue weighted by Crippen LogP contribution is 2.39. The molecule has 1 aliphatic rings. The Morgan fingerprint density at radius 2 is 2.00 bits per heavy atom. The summed E-state index contributed by atoms with van der Waals surface area (Å²) in [6.07, 6.45) is -2.47. The van der Waals surface area contributed by atoms with Gasteiger partial charge in [0.1, 0.15) is 17.3 Å². The van der Waals surface area contributed by atoms with Gasteiger partial charge in [-0.05, 0) is 30.7 Å². The topological polar surface area (TPSA) is 70.2 Å². The largest absolute Gasteiger partial charge is 0.493 e. The van der Waals surface area contributed by atoms with Crippen LogP contribution >= 0.6 is 0 Å². The van der Waals surface area contributed by atoms with Crippen LogP contribution in [-0.4, -0.2) is 64.2 Å². The molecule has 1 saturated heterocycles. The van der Waals surface area contributed by atoms with Crippen molar-refractivity contribution in [3.05, 3.63) is 54.1 Å². The van der Waals surface area contributed by atoms with Crippen LogP contribution in [0.25, 0.3) is 22.3 Å². The number of alkyl halides is 3. The molecule has 0 radical (unpaired) electrons. The number of likely N-dealkylation sites (N-methyl/N-ethyl adjacent to an activating group) is 1. The summed E-state index contributed by atoms with van der Waals surface area (Å²) in [5.41, 5.74) is 1.75. The second kappa shape index (κ2) is 9.35. The van der Waals surface area contributed by atoms with Crippen molar-refractivity contribution < 1.29 is 17.9 Å². The van der Waals surface area contributed by atoms with E-state index in [1.165, 1.54) is 18.5 Å². The fourth-order valence-corrected chi connectivity index (χ4v) is 3.96. The Balaban J connectivity index is 1.52. The summed E-state index contributed by atoms with van der Waals surface area (Å²) in [4.78, 5) is 12.7. The molecule has 0 saturated carbocycles. The minimum Gasteiger partial charge on any atom is -0.493 e. The van der Waals surface area contributed by atoms with Crippen molar-refractivity contribution in [1.82, 2.24) is 24.3 Å². The molecule has 4 rings (SSSR count). The molecule has 7 nitrogen and oxygen atoms in total. The second-order valence-corrected chi connectivity index (χ2v) is 8.37. The predicted octanol–water partition coefficient (Wildman–Crippen LogP) is 4.06. The van der Waals surface area contributed by atoms with E-state index in [-0.39, 0.29) is 29.3 Å². The van der Waals surface area contributed by atoms with Crippen molar-refractivity contribution in [3.8, 4) is 23.1 Å². The molecule has 10 heteroatoms. The van der Waals surface area contributed by atoms with Crippen LogP contribution in [0.1, 0.15) is 17.7 Å². The molecule has 34 heavy (non-hydrogen) atoms. The van der Waals surface area contributed by atoms with Crippen LogP contribution in [0.5, 0.6) is 5.75 Å². The van der Waals surface area contributed by atoms with Gasteiger partial charge in [-0.15, -0.1) is 0 Å². The lowest BCUT2D eigenvalue weighted by Gasteiger charge is -2.35. The second-order valence-electron chi connectivity index (χ2n) is 8.37. The lowest BCUT2D eigenvalue weighted by Crippen LogP contribution is -2.43. The number of aromatic nitrogens is 3. The van der Waals surface area contributed by atoms with Crippen molar-refractivity contribution >= 4 is 11.0 Å². The van der Waals surface area contributed by atoms with Crippen molar-refractivity contribution in [2.45, 2.75) is 12.6 Å². The third-order valence-corrected chi connectivity index (χ3v) is 5.97. The first-order valence-corrected chi connectivity index (χ1v) is 10.8. The van der Waals surface area contributed by atoms with Gasteiger partial charge in [-0.25, -0.2) is 9.97 Å². The minimum absolute atomic E-state index is 0.0635. The molecule has 3 heterocycles. The Bertz CT molecular complexity index is 1260. The zero-order chi connectivity index (χ0) is 24.5. The maximum atomic E-state index is 13.8. The number of rotatable bonds is 6. The molecule has 2 aromatic heterocycles. The van der Waals surface area contributed by atoms with E-state index in [0.29, 0.717) is 17.5 Å². The molecule has 0 spiro atoms. The molecule has 0 bridgehead atoms. The molecule has 3 aromatic rings. The van der Waals surface area contributed by atoms with E-state index in [2.05, 4.69) is 26.3 Å². The molecular formula is C24H25F3N6O. The van der Waals surface area contributed by atoms with E-state index in [9.17, 15) is 18.4 Å². The number of imidazole rings is 1. The van der Waals surface area contributed by atoms with Gasteiger partial charge < -0.3 is 14.2 Å². The zero-order valence-corrected chi connectivity index (χ0v) is 19.1. The summed E-state index contributed by atoms with van der Waals surface area (Å²) in [5, 5.41) is 9.41. The number of hydrogen-bond acceptors (Lipinski definition) is 6. The number of piperazine rings is 1. The highest BCUT2D eigenvalue weighted by molar-refractivity contribution is 5.84. The monoisotopic (exact) mass is 470 g/mol. The summed E-state index contributed by atoms with van der Waals surface area (Å²) in [6.45, 7) is 7.42. The minimum atomic E-state index is -4.60. The summed E-state index contributed by atoms with van der Waals surface area (Å²) in [6, 6.07) is 7.46. The number of halogens is 3. The lowest BCUT2D eigenvalue weighted by molar-refractivity contribution is -0.138. The van der Waals surface area contributed by atoms with E-state index >= 15 is 0 Å². The highest BCUT2D eigenvalue weighted by atomic mass is 19.4. The van der Waals surface area contributed by atoms with Crippen molar-refractivity contribution in [1.29, 1.82) is 5.26 Å². The molecule has 1 aromatic carbocycles. The number of nitriles is 1. The number of benzene rings is 1. The summed E-state index contributed by atoms with van der Waals surface area (Å²) >= 11 is 0. The van der Waals surface area contributed by atoms with Crippen LogP contribution in [0, 0.1) is 11.3 Å². The molecule has 1 fully saturated rings. The van der Waals surface area contributed by atoms with Gasteiger partial charge in [0.15, 0.2) is 5.69 Å². The fourth-order valence-electron chi connectivity index (χ4n) is 3.96. The van der Waals surface area contributed by atoms with E-state index in [4.69, 9.17) is 4.74 Å². The number of pyridine rings is 1. The number of nitrogens with zero attached hydrogens (tertiary/aromatic N) is 6. The van der Waals surface area contributed by atoms with Crippen LogP contribution in [0.15, 0.2) is 42.9 Å². The molecule has 0 aliphatic carbocycles. The smallest absolute Gasteiger partial charge is 0.419 e. The fraction of sp³-hybridized carbons (Fsp3) is 0.375. The third-order valence-electron chi connectivity index (χ3n) is 5.97. The quantitative estimate of drug-likeness (QED) is 0.506. The van der Waals surface area contributed by atoms with Gasteiger partial charge in [0.05, 0.1) is 29.7 Å². The average Bonchev–Trinajstić information content (AvgIpc) is 3.18. The molecule has 0 atom stereocenters. The van der Waals surface area contributed by atoms with E-state index in [1.807, 2.05) is 13.1 Å². The Morgan fingerprint density at radius 1 is 1.21 bits per heavy atom. The van der Waals surface area contributed by atoms with Gasteiger partial charge in [0.2, 0.25) is 0 Å².